The topological polar surface area (TPSA) is 80.6 Å². The highest BCUT2D eigenvalue weighted by molar-refractivity contribution is 7.14. The first-order chi connectivity index (χ1) is 7.67. The van der Waals surface area contributed by atoms with E-state index in [1.165, 1.54) is 11.3 Å². The molecule has 0 atom stereocenters. The van der Waals surface area contributed by atoms with Gasteiger partial charge in [-0.25, -0.2) is 4.98 Å². The molecule has 0 saturated carbocycles. The first-order valence-electron chi connectivity index (χ1n) is 4.45. The summed E-state index contributed by atoms with van der Waals surface area (Å²) in [6.07, 6.45) is 2.01. The molecule has 7 heteroatoms. The molecule has 0 spiro atoms. The second-order valence-electron chi connectivity index (χ2n) is 3.00. The summed E-state index contributed by atoms with van der Waals surface area (Å²) in [7, 11) is 0. The molecule has 0 aliphatic carbocycles. The molecule has 0 aromatic carbocycles. The number of anilines is 1. The van der Waals surface area contributed by atoms with Gasteiger partial charge in [-0.2, -0.15) is 0 Å². The molecule has 85 valence electrons. The Morgan fingerprint density at radius 2 is 2.50 bits per heavy atom. The third-order valence-corrected chi connectivity index (χ3v) is 2.15. The van der Waals surface area contributed by atoms with E-state index < -0.39 is 0 Å². The number of amides is 1. The van der Waals surface area contributed by atoms with Crippen LogP contribution in [0.5, 0.6) is 0 Å². The number of hydrogen-bond acceptors (Lipinski definition) is 6. The molecular weight excluding hydrogens is 230 g/mol. The van der Waals surface area contributed by atoms with E-state index in [0.717, 1.165) is 0 Å². The summed E-state index contributed by atoms with van der Waals surface area (Å²) in [4.78, 5) is 29.7. The average molecular weight is 240 g/mol. The van der Waals surface area contributed by atoms with Crippen LogP contribution in [0.4, 0.5) is 5.13 Å². The Hall–Kier alpha value is -1.76. The molecule has 0 unspecified atom stereocenters. The summed E-state index contributed by atoms with van der Waals surface area (Å²) in [5, 5.41) is 7.95. The maximum atomic E-state index is 10.6. The van der Waals surface area contributed by atoms with Crippen molar-refractivity contribution in [3.8, 4) is 0 Å². The largest absolute Gasteiger partial charge is 0.392 e. The van der Waals surface area contributed by atoms with E-state index >= 15 is 0 Å². The number of rotatable bonds is 6. The van der Waals surface area contributed by atoms with Crippen LogP contribution in [0.1, 0.15) is 19.5 Å². The van der Waals surface area contributed by atoms with E-state index in [2.05, 4.69) is 15.5 Å². The monoisotopic (exact) mass is 240 g/mol. The molecule has 1 rings (SSSR count). The lowest BCUT2D eigenvalue weighted by Crippen LogP contribution is -2.07. The van der Waals surface area contributed by atoms with Crippen LogP contribution in [0.15, 0.2) is 10.5 Å². The zero-order valence-corrected chi connectivity index (χ0v) is 9.58. The van der Waals surface area contributed by atoms with Crippen molar-refractivity contribution in [1.82, 2.24) is 4.98 Å². The molecule has 16 heavy (non-hydrogen) atoms. The lowest BCUT2D eigenvalue weighted by molar-refractivity contribution is -0.105. The molecule has 1 aromatic heterocycles. The minimum Gasteiger partial charge on any atom is -0.392 e. The number of thiazole rings is 1. The first-order valence-corrected chi connectivity index (χ1v) is 5.33. The summed E-state index contributed by atoms with van der Waals surface area (Å²) in [5.74, 6) is 0. The van der Waals surface area contributed by atoms with Crippen LogP contribution in [0.25, 0.3) is 0 Å². The van der Waals surface area contributed by atoms with Crippen molar-refractivity contribution in [3.05, 3.63) is 11.1 Å². The number of carbonyl (C=O) groups is 1. The van der Waals surface area contributed by atoms with Gasteiger partial charge >= 0.3 is 0 Å². The third-order valence-electron chi connectivity index (χ3n) is 1.38. The van der Waals surface area contributed by atoms with Crippen molar-refractivity contribution in [3.63, 3.8) is 0 Å². The highest BCUT2D eigenvalue weighted by atomic mass is 32.1. The smallest absolute Gasteiger partial charge is 0.259 e. The van der Waals surface area contributed by atoms with Crippen molar-refractivity contribution < 1.29 is 14.4 Å². The molecule has 1 heterocycles. The predicted molar refractivity (Wildman–Crippen MR) is 60.3 cm³/mol. The highest BCUT2D eigenvalue weighted by Crippen LogP contribution is 2.14. The number of nitrogens with zero attached hydrogens (tertiary/aromatic N) is 2. The van der Waals surface area contributed by atoms with Gasteiger partial charge in [0.25, 0.3) is 6.29 Å². The highest BCUT2D eigenvalue weighted by Gasteiger charge is 2.10. The molecule has 1 N–H and O–H groups in total. The molecule has 1 amide bonds. The lowest BCUT2D eigenvalue weighted by atomic mass is 10.3. The SMILES string of the molecule is CC(C)O/N=C(\[C]=O)c1csc(NC=O)n1. The summed E-state index contributed by atoms with van der Waals surface area (Å²) in [6.45, 7) is 3.57. The van der Waals surface area contributed by atoms with Crippen molar-refractivity contribution in [2.24, 2.45) is 5.16 Å². The Morgan fingerprint density at radius 1 is 1.75 bits per heavy atom. The van der Waals surface area contributed by atoms with Gasteiger partial charge in [-0.05, 0) is 13.8 Å². The average Bonchev–Trinajstić information content (AvgIpc) is 2.68. The molecule has 0 fully saturated rings. The van der Waals surface area contributed by atoms with Crippen LogP contribution in [-0.4, -0.2) is 29.5 Å². The zero-order chi connectivity index (χ0) is 12.0. The molecule has 1 aromatic rings. The fourth-order valence-corrected chi connectivity index (χ4v) is 1.43. The Labute approximate surface area is 96.3 Å². The Balaban J connectivity index is 2.82. The van der Waals surface area contributed by atoms with Gasteiger partial charge in [0.15, 0.2) is 10.8 Å². The van der Waals surface area contributed by atoms with E-state index in [1.54, 1.807) is 25.5 Å². The normalized spacial score (nSPS) is 11.3. The minimum absolute atomic E-state index is 0.0242. The van der Waals surface area contributed by atoms with Gasteiger partial charge in [-0.3, -0.25) is 9.59 Å². The van der Waals surface area contributed by atoms with Gasteiger partial charge in [-0.15, -0.1) is 11.3 Å². The number of hydrogen-bond donors (Lipinski definition) is 1. The molecule has 0 aliphatic heterocycles. The molecular formula is C9H10N3O3S. The quantitative estimate of drug-likeness (QED) is 0.456. The lowest BCUT2D eigenvalue weighted by Gasteiger charge is -2.01. The van der Waals surface area contributed by atoms with Crippen molar-refractivity contribution in [2.75, 3.05) is 5.32 Å². The first kappa shape index (κ1) is 12.3. The Morgan fingerprint density at radius 3 is 3.06 bits per heavy atom. The van der Waals surface area contributed by atoms with Gasteiger partial charge < -0.3 is 10.2 Å². The fourth-order valence-electron chi connectivity index (χ4n) is 0.775. The molecule has 0 saturated heterocycles. The van der Waals surface area contributed by atoms with Crippen molar-refractivity contribution >= 4 is 34.9 Å². The third kappa shape index (κ3) is 3.43. The van der Waals surface area contributed by atoms with Gasteiger partial charge in [-0.1, -0.05) is 5.16 Å². The zero-order valence-electron chi connectivity index (χ0n) is 8.76. The van der Waals surface area contributed by atoms with Crippen LogP contribution in [0.2, 0.25) is 0 Å². The van der Waals surface area contributed by atoms with Gasteiger partial charge in [0, 0.05) is 5.38 Å². The van der Waals surface area contributed by atoms with Crippen LogP contribution in [0, 0.1) is 0 Å². The number of oxime groups is 1. The van der Waals surface area contributed by atoms with E-state index in [1.807, 2.05) is 0 Å². The Kier molecular flexibility index (Phi) is 4.59. The van der Waals surface area contributed by atoms with E-state index in [0.29, 0.717) is 17.2 Å². The predicted octanol–water partition coefficient (Wildman–Crippen LogP) is 0.950. The second kappa shape index (κ2) is 5.96. The molecule has 6 nitrogen and oxygen atoms in total. The van der Waals surface area contributed by atoms with E-state index in [-0.39, 0.29) is 11.8 Å². The van der Waals surface area contributed by atoms with Crippen LogP contribution >= 0.6 is 11.3 Å². The van der Waals surface area contributed by atoms with Crippen LogP contribution in [0.3, 0.4) is 0 Å². The van der Waals surface area contributed by atoms with Crippen molar-refractivity contribution in [2.45, 2.75) is 20.0 Å². The number of carbonyl (C=O) groups excluding carboxylic acids is 2. The van der Waals surface area contributed by atoms with Gasteiger partial charge in [0.2, 0.25) is 6.41 Å². The fraction of sp³-hybridized carbons (Fsp3) is 0.333. The molecule has 1 radical (unpaired) electrons. The molecule has 0 aliphatic rings. The van der Waals surface area contributed by atoms with Crippen LogP contribution in [-0.2, 0) is 14.4 Å². The minimum atomic E-state index is -0.130. The molecule has 0 bridgehead atoms. The van der Waals surface area contributed by atoms with E-state index in [9.17, 15) is 9.59 Å². The maximum absolute atomic E-state index is 10.6. The number of aromatic nitrogens is 1. The summed E-state index contributed by atoms with van der Waals surface area (Å²) in [5.41, 5.74) is 0.300. The maximum Gasteiger partial charge on any atom is 0.259 e. The summed E-state index contributed by atoms with van der Waals surface area (Å²) in [6, 6.07) is 0. The van der Waals surface area contributed by atoms with Crippen LogP contribution < -0.4 is 5.32 Å². The Bertz CT molecular complexity index is 400. The number of nitrogens with one attached hydrogen (secondary N) is 1. The second-order valence-corrected chi connectivity index (χ2v) is 3.85. The van der Waals surface area contributed by atoms with Gasteiger partial charge in [0.1, 0.15) is 11.8 Å². The van der Waals surface area contributed by atoms with E-state index in [4.69, 9.17) is 4.84 Å². The summed E-state index contributed by atoms with van der Waals surface area (Å²) < 4.78 is 0. The standard InChI is InChI=1S/C9H10N3O3S/c1-6(2)15-12-7(3-13)8-4-16-9(11-8)10-5-14/h4-6H,1-2H3,(H,10,11,14)/b12-7+. The van der Waals surface area contributed by atoms with Crippen molar-refractivity contribution in [1.29, 1.82) is 0 Å². The van der Waals surface area contributed by atoms with Gasteiger partial charge in [0.05, 0.1) is 0 Å². The summed E-state index contributed by atoms with van der Waals surface area (Å²) >= 11 is 1.18.